The second kappa shape index (κ2) is 7.90. The maximum absolute atomic E-state index is 12.2. The first-order valence-electron chi connectivity index (χ1n) is 8.91. The van der Waals surface area contributed by atoms with E-state index in [2.05, 4.69) is 25.1 Å². The van der Waals surface area contributed by atoms with Crippen LogP contribution < -0.4 is 10.2 Å². The molecule has 1 saturated heterocycles. The smallest absolute Gasteiger partial charge is 0.239 e. The number of hydrogen-bond donors (Lipinski definition) is 1. The maximum Gasteiger partial charge on any atom is 0.239 e. The summed E-state index contributed by atoms with van der Waals surface area (Å²) >= 11 is 6.08. The van der Waals surface area contributed by atoms with Gasteiger partial charge in [0.15, 0.2) is 0 Å². The van der Waals surface area contributed by atoms with Crippen molar-refractivity contribution < 1.29 is 4.79 Å². The second-order valence-electron chi connectivity index (χ2n) is 6.52. The minimum Gasteiger partial charge on any atom is -0.368 e. The van der Waals surface area contributed by atoms with Crippen LogP contribution >= 0.6 is 11.6 Å². The number of carbonyl (C=O) groups excluding carboxylic acids is 1. The Kier molecular flexibility index (Phi) is 5.18. The first kappa shape index (κ1) is 17.7. The summed E-state index contributed by atoms with van der Waals surface area (Å²) in [6.45, 7) is 3.74. The Bertz CT molecular complexity index is 942. The molecule has 1 fully saturated rings. The summed E-state index contributed by atoms with van der Waals surface area (Å²) in [7, 11) is 0. The summed E-state index contributed by atoms with van der Waals surface area (Å²) in [5.74, 6) is 0.550. The summed E-state index contributed by atoms with van der Waals surface area (Å²) in [6.07, 6.45) is 3.49. The lowest BCUT2D eigenvalue weighted by molar-refractivity contribution is -0.117. The highest BCUT2D eigenvalue weighted by Gasteiger charge is 2.20. The molecule has 2 aromatic heterocycles. The Morgan fingerprint density at radius 1 is 1.04 bits per heavy atom. The van der Waals surface area contributed by atoms with Crippen molar-refractivity contribution in [1.82, 2.24) is 14.9 Å². The molecule has 0 radical (unpaired) electrons. The molecule has 6 nitrogen and oxygen atoms in total. The van der Waals surface area contributed by atoms with Gasteiger partial charge in [-0.15, -0.1) is 0 Å². The van der Waals surface area contributed by atoms with Gasteiger partial charge < -0.3 is 10.2 Å². The van der Waals surface area contributed by atoms with Crippen molar-refractivity contribution in [3.8, 4) is 0 Å². The number of pyridine rings is 2. The van der Waals surface area contributed by atoms with E-state index in [9.17, 15) is 4.79 Å². The van der Waals surface area contributed by atoms with Crippen LogP contribution in [0.25, 0.3) is 10.9 Å². The monoisotopic (exact) mass is 381 g/mol. The second-order valence-corrected chi connectivity index (χ2v) is 6.95. The topological polar surface area (TPSA) is 61.4 Å². The van der Waals surface area contributed by atoms with Crippen molar-refractivity contribution >= 4 is 39.9 Å². The van der Waals surface area contributed by atoms with Crippen molar-refractivity contribution in [3.63, 3.8) is 0 Å². The predicted octanol–water partition coefficient (Wildman–Crippen LogP) is 3.04. The Hall–Kier alpha value is -2.70. The van der Waals surface area contributed by atoms with E-state index < -0.39 is 0 Å². The number of aromatic nitrogens is 2. The molecule has 138 valence electrons. The molecule has 0 atom stereocenters. The minimum absolute atomic E-state index is 0.0360. The molecular weight excluding hydrogens is 362 g/mol. The average molecular weight is 382 g/mol. The van der Waals surface area contributed by atoms with Crippen LogP contribution in [0, 0.1) is 0 Å². The van der Waals surface area contributed by atoms with Gasteiger partial charge in [-0.3, -0.25) is 14.7 Å². The van der Waals surface area contributed by atoms with E-state index in [-0.39, 0.29) is 5.91 Å². The molecule has 0 unspecified atom stereocenters. The predicted molar refractivity (Wildman–Crippen MR) is 108 cm³/mol. The number of piperazine rings is 1. The van der Waals surface area contributed by atoms with Crippen LogP contribution in [-0.2, 0) is 4.79 Å². The number of benzene rings is 1. The van der Waals surface area contributed by atoms with Gasteiger partial charge in [-0.25, -0.2) is 4.98 Å². The normalized spacial score (nSPS) is 15.1. The molecule has 0 spiro atoms. The van der Waals surface area contributed by atoms with E-state index in [0.717, 1.165) is 42.8 Å². The van der Waals surface area contributed by atoms with Crippen LogP contribution in [0.3, 0.4) is 0 Å². The highest BCUT2D eigenvalue weighted by atomic mass is 35.5. The molecule has 1 N–H and O–H groups in total. The number of nitrogens with zero attached hydrogens (tertiary/aromatic N) is 4. The van der Waals surface area contributed by atoms with Crippen LogP contribution in [-0.4, -0.2) is 53.5 Å². The van der Waals surface area contributed by atoms with Crippen LogP contribution in [0.4, 0.5) is 11.5 Å². The highest BCUT2D eigenvalue weighted by Crippen LogP contribution is 2.28. The third-order valence-corrected chi connectivity index (χ3v) is 4.93. The number of carbonyl (C=O) groups is 1. The van der Waals surface area contributed by atoms with E-state index in [1.165, 1.54) is 0 Å². The first-order valence-corrected chi connectivity index (χ1v) is 9.29. The van der Waals surface area contributed by atoms with Gasteiger partial charge in [-0.05, 0) is 36.4 Å². The van der Waals surface area contributed by atoms with Gasteiger partial charge in [0.05, 0.1) is 12.1 Å². The van der Waals surface area contributed by atoms with Crippen molar-refractivity contribution in [3.05, 3.63) is 59.9 Å². The summed E-state index contributed by atoms with van der Waals surface area (Å²) in [5, 5.41) is 4.63. The number of halogens is 1. The molecule has 4 rings (SSSR count). The molecule has 1 aliphatic rings. The Morgan fingerprint density at radius 3 is 2.67 bits per heavy atom. The van der Waals surface area contributed by atoms with E-state index in [4.69, 9.17) is 11.6 Å². The quantitative estimate of drug-likeness (QED) is 0.752. The van der Waals surface area contributed by atoms with Gasteiger partial charge in [0, 0.05) is 54.7 Å². The number of fused-ring (bicyclic) bond motifs is 1. The molecule has 0 aliphatic carbocycles. The Morgan fingerprint density at radius 2 is 1.89 bits per heavy atom. The lowest BCUT2D eigenvalue weighted by Gasteiger charge is -2.36. The summed E-state index contributed by atoms with van der Waals surface area (Å²) in [4.78, 5) is 25.2. The van der Waals surface area contributed by atoms with Gasteiger partial charge in [-0.2, -0.15) is 0 Å². The first-order chi connectivity index (χ1) is 13.2. The van der Waals surface area contributed by atoms with E-state index in [1.807, 2.05) is 42.6 Å². The standard InChI is InChI=1S/C20H20ClN5O/c21-15-4-5-16-17(13-15)22-8-6-18(16)26-11-9-25(10-12-26)14-20(27)24-19-3-1-2-7-23-19/h1-8,13H,9-12,14H2,(H,23,24,27). The highest BCUT2D eigenvalue weighted by molar-refractivity contribution is 6.31. The van der Waals surface area contributed by atoms with Gasteiger partial charge in [0.25, 0.3) is 0 Å². The van der Waals surface area contributed by atoms with E-state index in [1.54, 1.807) is 12.3 Å². The minimum atomic E-state index is -0.0360. The summed E-state index contributed by atoms with van der Waals surface area (Å²) in [6, 6.07) is 13.3. The van der Waals surface area contributed by atoms with Crippen LogP contribution in [0.1, 0.15) is 0 Å². The van der Waals surface area contributed by atoms with Gasteiger partial charge in [-0.1, -0.05) is 17.7 Å². The van der Waals surface area contributed by atoms with Crippen molar-refractivity contribution in [2.75, 3.05) is 42.9 Å². The molecule has 0 saturated carbocycles. The fourth-order valence-corrected chi connectivity index (χ4v) is 3.52. The third-order valence-electron chi connectivity index (χ3n) is 4.69. The van der Waals surface area contributed by atoms with Crippen molar-refractivity contribution in [2.24, 2.45) is 0 Å². The zero-order valence-corrected chi connectivity index (χ0v) is 15.6. The molecule has 0 bridgehead atoms. The number of nitrogens with one attached hydrogen (secondary N) is 1. The van der Waals surface area contributed by atoms with Crippen molar-refractivity contribution in [1.29, 1.82) is 0 Å². The third kappa shape index (κ3) is 4.18. The lowest BCUT2D eigenvalue weighted by atomic mass is 10.1. The fourth-order valence-electron chi connectivity index (χ4n) is 3.35. The van der Waals surface area contributed by atoms with Crippen LogP contribution in [0.5, 0.6) is 0 Å². The zero-order chi connectivity index (χ0) is 18.6. The van der Waals surface area contributed by atoms with Crippen LogP contribution in [0.15, 0.2) is 54.9 Å². The molecule has 27 heavy (non-hydrogen) atoms. The summed E-state index contributed by atoms with van der Waals surface area (Å²) in [5.41, 5.74) is 2.06. The molecule has 3 aromatic rings. The molecular formula is C20H20ClN5O. The number of amides is 1. The van der Waals surface area contributed by atoms with Crippen LogP contribution in [0.2, 0.25) is 5.02 Å². The van der Waals surface area contributed by atoms with Gasteiger partial charge >= 0.3 is 0 Å². The molecule has 1 aliphatic heterocycles. The van der Waals surface area contributed by atoms with E-state index in [0.29, 0.717) is 17.4 Å². The van der Waals surface area contributed by atoms with Gasteiger partial charge in [0.1, 0.15) is 5.82 Å². The lowest BCUT2D eigenvalue weighted by Crippen LogP contribution is -2.48. The zero-order valence-electron chi connectivity index (χ0n) is 14.8. The largest absolute Gasteiger partial charge is 0.368 e. The van der Waals surface area contributed by atoms with E-state index >= 15 is 0 Å². The fraction of sp³-hybridized carbons (Fsp3) is 0.250. The van der Waals surface area contributed by atoms with Gasteiger partial charge in [0.2, 0.25) is 5.91 Å². The molecule has 1 amide bonds. The summed E-state index contributed by atoms with van der Waals surface area (Å²) < 4.78 is 0. The number of anilines is 2. The molecule has 1 aromatic carbocycles. The molecule has 3 heterocycles. The SMILES string of the molecule is O=C(CN1CCN(c2ccnc3cc(Cl)ccc23)CC1)Nc1ccccn1. The Balaban J connectivity index is 1.37. The molecule has 7 heteroatoms. The Labute approximate surface area is 162 Å². The number of hydrogen-bond acceptors (Lipinski definition) is 5. The maximum atomic E-state index is 12.2. The number of rotatable bonds is 4. The van der Waals surface area contributed by atoms with Crippen molar-refractivity contribution in [2.45, 2.75) is 0 Å². The average Bonchev–Trinajstić information content (AvgIpc) is 2.68.